The number of ether oxygens (including phenoxy) is 1. The molecule has 0 aromatic heterocycles. The lowest BCUT2D eigenvalue weighted by molar-refractivity contribution is -0.108. The van der Waals surface area contributed by atoms with Crippen LogP contribution in [0.4, 0.5) is 0 Å². The summed E-state index contributed by atoms with van der Waals surface area (Å²) in [7, 11) is 0. The first-order valence-electron chi connectivity index (χ1n) is 3.72. The van der Waals surface area contributed by atoms with E-state index < -0.39 is 3.79 Å². The third kappa shape index (κ3) is 25.1. The molecule has 7 heteroatoms. The predicted molar refractivity (Wildman–Crippen MR) is 73.3 cm³/mol. The number of alkyl halides is 3. The number of thiol groups is 1. The van der Waals surface area contributed by atoms with Crippen LogP contribution >= 0.6 is 59.6 Å². The maximum Gasteiger partial charge on any atom is 0.198 e. The van der Waals surface area contributed by atoms with E-state index in [9.17, 15) is 4.79 Å². The molecule has 0 bridgehead atoms. The number of halogens is 3. The van der Waals surface area contributed by atoms with E-state index in [0.29, 0.717) is 6.61 Å². The number of hydrogen-bond acceptors (Lipinski definition) is 3. The van der Waals surface area contributed by atoms with Crippen molar-refractivity contribution in [2.24, 2.45) is 0 Å². The second-order valence-corrected chi connectivity index (χ2v) is 5.88. The molecule has 0 saturated carbocycles. The van der Waals surface area contributed by atoms with E-state index in [1.807, 2.05) is 0 Å². The van der Waals surface area contributed by atoms with Crippen LogP contribution in [0.15, 0.2) is 12.7 Å². The van der Waals surface area contributed by atoms with E-state index in [4.69, 9.17) is 51.8 Å². The minimum atomic E-state index is -1.36. The fourth-order valence-electron chi connectivity index (χ4n) is 0.367. The van der Waals surface area contributed by atoms with Crippen LogP contribution in [-0.4, -0.2) is 20.6 Å². The molecule has 0 fully saturated rings. The molecule has 0 heterocycles. The highest BCUT2D eigenvalue weighted by Crippen LogP contribution is 2.30. The molecule has 0 aliphatic carbocycles. The first kappa shape index (κ1) is 17.9. The lowest BCUT2D eigenvalue weighted by Gasteiger charge is -2.11. The summed E-state index contributed by atoms with van der Waals surface area (Å²) in [5.41, 5.74) is 0. The van der Waals surface area contributed by atoms with Crippen molar-refractivity contribution in [3.8, 4) is 0 Å². The lowest BCUT2D eigenvalue weighted by Crippen LogP contribution is -2.12. The van der Waals surface area contributed by atoms with Crippen molar-refractivity contribution in [3.05, 3.63) is 12.7 Å². The van der Waals surface area contributed by atoms with E-state index >= 15 is 0 Å². The Bertz CT molecular complexity index is 222. The quantitative estimate of drug-likeness (QED) is 0.372. The van der Waals surface area contributed by atoms with Crippen molar-refractivity contribution in [1.29, 1.82) is 0 Å². The van der Waals surface area contributed by atoms with E-state index in [-0.39, 0.29) is 16.6 Å². The van der Waals surface area contributed by atoms with Gasteiger partial charge in [-0.3, -0.25) is 4.79 Å². The summed E-state index contributed by atoms with van der Waals surface area (Å²) >= 11 is 24.4. The molecule has 0 atom stereocenters. The van der Waals surface area contributed by atoms with Gasteiger partial charge < -0.3 is 4.74 Å². The molecule has 0 rings (SSSR count). The Morgan fingerprint density at radius 3 is 2.27 bits per heavy atom. The van der Waals surface area contributed by atoms with Crippen molar-refractivity contribution in [2.45, 2.75) is 17.1 Å². The van der Waals surface area contributed by atoms with E-state index in [1.165, 1.54) is 6.92 Å². The number of carbonyl (C=O) groups is 1. The maximum atomic E-state index is 9.31. The molecular weight excluding hydrogens is 299 g/mol. The first-order chi connectivity index (χ1) is 6.69. The molecule has 0 unspecified atom stereocenters. The van der Waals surface area contributed by atoms with Crippen LogP contribution in [0.1, 0.15) is 13.3 Å². The highest BCUT2D eigenvalue weighted by molar-refractivity contribution is 7.96. The Kier molecular flexibility index (Phi) is 11.6. The van der Waals surface area contributed by atoms with Gasteiger partial charge >= 0.3 is 0 Å². The molecule has 15 heavy (non-hydrogen) atoms. The third-order valence-corrected chi connectivity index (χ3v) is 1.37. The van der Waals surface area contributed by atoms with Gasteiger partial charge in [0.25, 0.3) is 0 Å². The molecule has 2 nitrogen and oxygen atoms in total. The Morgan fingerprint density at radius 1 is 1.60 bits per heavy atom. The molecular formula is C8H11Cl3O2S2. The van der Waals surface area contributed by atoms with Crippen molar-refractivity contribution >= 4 is 69.8 Å². The van der Waals surface area contributed by atoms with E-state index in [2.05, 4.69) is 19.2 Å². The highest BCUT2D eigenvalue weighted by Gasteiger charge is 2.22. The van der Waals surface area contributed by atoms with Crippen LogP contribution in [0.2, 0.25) is 0 Å². The zero-order valence-electron chi connectivity index (χ0n) is 8.00. The van der Waals surface area contributed by atoms with Crippen molar-refractivity contribution in [3.63, 3.8) is 0 Å². The summed E-state index contributed by atoms with van der Waals surface area (Å²) in [5.74, 6) is 0. The Hall–Kier alpha value is 0.520. The van der Waals surface area contributed by atoms with Gasteiger partial charge in [-0.2, -0.15) is 0 Å². The normalized spacial score (nSPS) is 9.67. The van der Waals surface area contributed by atoms with Gasteiger partial charge in [0.05, 0.1) is 6.42 Å². The van der Waals surface area contributed by atoms with Crippen molar-refractivity contribution in [1.82, 2.24) is 0 Å². The van der Waals surface area contributed by atoms with Crippen molar-refractivity contribution < 1.29 is 9.53 Å². The Labute approximate surface area is 115 Å². The minimum Gasteiger partial charge on any atom is -0.483 e. The fraction of sp³-hybridized carbons (Fsp3) is 0.500. The molecule has 0 aromatic carbocycles. The van der Waals surface area contributed by atoms with Crippen LogP contribution in [0, 0.1) is 0 Å². The summed E-state index contributed by atoms with van der Waals surface area (Å²) < 4.78 is 3.56. The second kappa shape index (κ2) is 9.73. The van der Waals surface area contributed by atoms with Crippen LogP contribution in [0.5, 0.6) is 0 Å². The monoisotopic (exact) mass is 308 g/mol. The number of rotatable bonds is 3. The predicted octanol–water partition coefficient (Wildman–Crippen LogP) is 3.74. The molecule has 0 radical (unpaired) electrons. The number of carbonyl (C=O) groups excluding carboxylic acids is 1. The summed E-state index contributed by atoms with van der Waals surface area (Å²) in [6.07, 6.45) is 1.70. The summed E-state index contributed by atoms with van der Waals surface area (Å²) in [4.78, 5) is 9.31. The largest absolute Gasteiger partial charge is 0.483 e. The fourth-order valence-corrected chi connectivity index (χ4v) is 1.25. The minimum absolute atomic E-state index is 0.126. The highest BCUT2D eigenvalue weighted by atomic mass is 35.6. The Morgan fingerprint density at radius 2 is 2.00 bits per heavy atom. The standard InChI is InChI=1S/C6H7Cl3OS.C2H4OS/c1-2-3-10-5(11)4-6(7,8)9;1-2(3)4/h2H,1,3-4H2;1H3,(H,3,4). The number of thiocarbonyl (C=S) groups is 1. The van der Waals surface area contributed by atoms with Crippen LogP contribution in [-0.2, 0) is 9.53 Å². The average Bonchev–Trinajstić information content (AvgIpc) is 1.96. The van der Waals surface area contributed by atoms with Gasteiger partial charge in [-0.25, -0.2) is 0 Å². The molecule has 0 spiro atoms. The molecule has 0 aliphatic heterocycles. The molecule has 88 valence electrons. The van der Waals surface area contributed by atoms with Gasteiger partial charge in [0.15, 0.2) is 14.0 Å². The van der Waals surface area contributed by atoms with Gasteiger partial charge in [-0.1, -0.05) is 47.5 Å². The van der Waals surface area contributed by atoms with Crippen LogP contribution < -0.4 is 0 Å². The molecule has 0 aromatic rings. The zero-order valence-corrected chi connectivity index (χ0v) is 12.0. The molecule has 0 aliphatic rings. The molecule has 0 saturated heterocycles. The molecule has 0 amide bonds. The van der Waals surface area contributed by atoms with Gasteiger partial charge in [0.1, 0.15) is 6.61 Å². The SMILES string of the molecule is C=CCOC(=S)CC(Cl)(Cl)Cl.CC(=O)S. The van der Waals surface area contributed by atoms with Crippen LogP contribution in [0.25, 0.3) is 0 Å². The van der Waals surface area contributed by atoms with E-state index in [1.54, 1.807) is 6.08 Å². The van der Waals surface area contributed by atoms with Gasteiger partial charge in [-0.05, 0) is 12.2 Å². The summed E-state index contributed by atoms with van der Waals surface area (Å²) in [6, 6.07) is 0. The lowest BCUT2D eigenvalue weighted by atomic mass is 10.5. The van der Waals surface area contributed by atoms with Gasteiger partial charge in [-0.15, -0.1) is 12.6 Å². The van der Waals surface area contributed by atoms with Crippen molar-refractivity contribution in [2.75, 3.05) is 6.61 Å². The van der Waals surface area contributed by atoms with Gasteiger partial charge in [0.2, 0.25) is 0 Å². The molecule has 0 N–H and O–H groups in total. The summed E-state index contributed by atoms with van der Waals surface area (Å²) in [5, 5.41) is 0.143. The van der Waals surface area contributed by atoms with E-state index in [0.717, 1.165) is 0 Å². The third-order valence-electron chi connectivity index (χ3n) is 0.707. The van der Waals surface area contributed by atoms with Gasteiger partial charge in [0, 0.05) is 6.92 Å². The first-order valence-corrected chi connectivity index (χ1v) is 5.70. The van der Waals surface area contributed by atoms with Crippen LogP contribution in [0.3, 0.4) is 0 Å². The summed E-state index contributed by atoms with van der Waals surface area (Å²) in [6.45, 7) is 5.18. The second-order valence-electron chi connectivity index (χ2n) is 2.28. The maximum absolute atomic E-state index is 9.31. The smallest absolute Gasteiger partial charge is 0.198 e. The average molecular weight is 310 g/mol. The number of hydrogen-bond donors (Lipinski definition) is 1. The Balaban J connectivity index is 0. The topological polar surface area (TPSA) is 26.3 Å². The zero-order chi connectivity index (χ0) is 12.5.